The summed E-state index contributed by atoms with van der Waals surface area (Å²) in [5.74, 6) is -0.172. The Balaban J connectivity index is 2.08. The van der Waals surface area contributed by atoms with Gasteiger partial charge in [-0.3, -0.25) is 9.59 Å². The molecule has 144 valence electrons. The highest BCUT2D eigenvalue weighted by molar-refractivity contribution is 6.05. The molecular formula is C21H28N3O3+. The van der Waals surface area contributed by atoms with E-state index in [2.05, 4.69) is 24.5 Å². The highest BCUT2D eigenvalue weighted by atomic mass is 16.3. The summed E-state index contributed by atoms with van der Waals surface area (Å²) in [4.78, 5) is 26.5. The molecule has 2 aromatic rings. The number of benzene rings is 1. The second-order valence-corrected chi connectivity index (χ2v) is 6.36. The molecule has 0 aliphatic rings. The van der Waals surface area contributed by atoms with Gasteiger partial charge in [-0.15, -0.1) is 0 Å². The van der Waals surface area contributed by atoms with Gasteiger partial charge < -0.3 is 20.0 Å². The molecule has 0 saturated carbocycles. The molecule has 1 heterocycles. The Morgan fingerprint density at radius 3 is 2.41 bits per heavy atom. The Morgan fingerprint density at radius 2 is 1.81 bits per heavy atom. The summed E-state index contributed by atoms with van der Waals surface area (Å²) >= 11 is 0. The Labute approximate surface area is 160 Å². The number of aryl methyl sites for hydroxylation is 1. The number of hydrogen-bond donors (Lipinski definition) is 3. The molecule has 0 atom stereocenters. The molecule has 0 fully saturated rings. The van der Waals surface area contributed by atoms with Gasteiger partial charge in [0.1, 0.15) is 11.5 Å². The van der Waals surface area contributed by atoms with Gasteiger partial charge in [-0.2, -0.15) is 0 Å². The number of nitrogens with one attached hydrogen (secondary N) is 3. The van der Waals surface area contributed by atoms with E-state index in [9.17, 15) is 9.59 Å². The fraction of sp³-hybridized carbons (Fsp3) is 0.333. The summed E-state index contributed by atoms with van der Waals surface area (Å²) in [7, 11) is 0. The highest BCUT2D eigenvalue weighted by Crippen LogP contribution is 2.08. The minimum absolute atomic E-state index is 0.157. The van der Waals surface area contributed by atoms with Crippen molar-refractivity contribution in [1.82, 2.24) is 10.6 Å². The van der Waals surface area contributed by atoms with Crippen molar-refractivity contribution in [3.63, 3.8) is 0 Å². The quantitative estimate of drug-likeness (QED) is 0.584. The highest BCUT2D eigenvalue weighted by Gasteiger charge is 2.15. The molecule has 0 radical (unpaired) electrons. The topological polar surface area (TPSA) is 75.8 Å². The summed E-state index contributed by atoms with van der Waals surface area (Å²) in [6.45, 7) is 9.56. The van der Waals surface area contributed by atoms with Gasteiger partial charge in [0.15, 0.2) is 0 Å². The number of quaternary nitrogens is 1. The lowest BCUT2D eigenvalue weighted by atomic mass is 10.1. The predicted octanol–water partition coefficient (Wildman–Crippen LogP) is 1.40. The molecule has 6 heteroatoms. The first kappa shape index (κ1) is 20.5. The molecule has 1 aromatic heterocycles. The third kappa shape index (κ3) is 6.42. The molecule has 2 rings (SSSR count). The fourth-order valence-corrected chi connectivity index (χ4v) is 2.63. The largest absolute Gasteiger partial charge is 0.465 e. The standard InChI is InChI=1S/C21H27N3O3/c1-4-24(5-2)13-12-22-21(26)19(15-18-7-6-14-27-18)23-20(25)17-10-8-16(3)9-11-17/h6-11,14-15H,4-5,12-13H2,1-3H3,(H,22,26)(H,23,25)/p+1/b19-15-. The average molecular weight is 370 g/mol. The van der Waals surface area contributed by atoms with Crippen LogP contribution in [0.3, 0.4) is 0 Å². The summed E-state index contributed by atoms with van der Waals surface area (Å²) in [5.41, 5.74) is 1.71. The smallest absolute Gasteiger partial charge is 0.268 e. The average Bonchev–Trinajstić information content (AvgIpc) is 3.18. The summed E-state index contributed by atoms with van der Waals surface area (Å²) in [6.07, 6.45) is 3.05. The van der Waals surface area contributed by atoms with Gasteiger partial charge in [-0.1, -0.05) is 17.7 Å². The van der Waals surface area contributed by atoms with Crippen LogP contribution in [-0.2, 0) is 4.79 Å². The molecule has 0 aliphatic heterocycles. The molecule has 2 amide bonds. The fourth-order valence-electron chi connectivity index (χ4n) is 2.63. The van der Waals surface area contributed by atoms with Crippen LogP contribution in [-0.4, -0.2) is 38.0 Å². The van der Waals surface area contributed by atoms with Gasteiger partial charge in [0.25, 0.3) is 11.8 Å². The maximum Gasteiger partial charge on any atom is 0.268 e. The zero-order valence-corrected chi connectivity index (χ0v) is 16.2. The summed E-state index contributed by atoms with van der Waals surface area (Å²) in [6, 6.07) is 10.6. The van der Waals surface area contributed by atoms with Gasteiger partial charge >= 0.3 is 0 Å². The number of carbonyl (C=O) groups is 2. The molecule has 0 saturated heterocycles. The lowest BCUT2D eigenvalue weighted by Gasteiger charge is -2.16. The van der Waals surface area contributed by atoms with Crippen LogP contribution in [0.15, 0.2) is 52.8 Å². The maximum absolute atomic E-state index is 12.6. The maximum atomic E-state index is 12.6. The first-order valence-electron chi connectivity index (χ1n) is 9.28. The third-order valence-electron chi connectivity index (χ3n) is 4.40. The van der Waals surface area contributed by atoms with Crippen LogP contribution in [0.1, 0.15) is 35.5 Å². The minimum atomic E-state index is -0.336. The van der Waals surface area contributed by atoms with Crippen molar-refractivity contribution in [3.8, 4) is 0 Å². The normalized spacial score (nSPS) is 11.5. The van der Waals surface area contributed by atoms with Crippen LogP contribution in [0.4, 0.5) is 0 Å². The molecule has 0 bridgehead atoms. The predicted molar refractivity (Wildman–Crippen MR) is 105 cm³/mol. The van der Waals surface area contributed by atoms with Gasteiger partial charge in [-0.25, -0.2) is 0 Å². The Hall–Kier alpha value is -2.86. The van der Waals surface area contributed by atoms with Gasteiger partial charge in [0.05, 0.1) is 32.4 Å². The Bertz CT molecular complexity index is 760. The Morgan fingerprint density at radius 1 is 1.11 bits per heavy atom. The van der Waals surface area contributed by atoms with E-state index in [-0.39, 0.29) is 17.5 Å². The zero-order valence-electron chi connectivity index (χ0n) is 16.2. The number of hydrogen-bond acceptors (Lipinski definition) is 3. The van der Waals surface area contributed by atoms with Crippen molar-refractivity contribution in [2.75, 3.05) is 26.2 Å². The van der Waals surface area contributed by atoms with Gasteiger partial charge in [-0.05, 0) is 45.0 Å². The molecular weight excluding hydrogens is 342 g/mol. The van der Waals surface area contributed by atoms with Crippen LogP contribution in [0, 0.1) is 6.92 Å². The molecule has 0 unspecified atom stereocenters. The van der Waals surface area contributed by atoms with Crippen molar-refractivity contribution >= 4 is 17.9 Å². The van der Waals surface area contributed by atoms with Crippen molar-refractivity contribution in [1.29, 1.82) is 0 Å². The van der Waals surface area contributed by atoms with E-state index < -0.39 is 0 Å². The number of likely N-dealkylation sites (N-methyl/N-ethyl adjacent to an activating group) is 1. The van der Waals surface area contributed by atoms with Crippen LogP contribution in [0.5, 0.6) is 0 Å². The zero-order chi connectivity index (χ0) is 19.6. The molecule has 6 nitrogen and oxygen atoms in total. The number of rotatable bonds is 9. The summed E-state index contributed by atoms with van der Waals surface area (Å²) < 4.78 is 5.28. The van der Waals surface area contributed by atoms with E-state index in [1.54, 1.807) is 24.3 Å². The Kier molecular flexibility index (Phi) is 7.82. The lowest BCUT2D eigenvalue weighted by Crippen LogP contribution is -3.12. The van der Waals surface area contributed by atoms with E-state index in [1.165, 1.54) is 17.2 Å². The van der Waals surface area contributed by atoms with Gasteiger partial charge in [0, 0.05) is 11.6 Å². The van der Waals surface area contributed by atoms with Crippen LogP contribution in [0.25, 0.3) is 6.08 Å². The minimum Gasteiger partial charge on any atom is -0.465 e. The second-order valence-electron chi connectivity index (χ2n) is 6.36. The van der Waals surface area contributed by atoms with E-state index in [4.69, 9.17) is 4.42 Å². The van der Waals surface area contributed by atoms with E-state index in [0.717, 1.165) is 25.2 Å². The first-order chi connectivity index (χ1) is 13.0. The third-order valence-corrected chi connectivity index (χ3v) is 4.40. The van der Waals surface area contributed by atoms with Crippen molar-refractivity contribution in [2.45, 2.75) is 20.8 Å². The number of amides is 2. The van der Waals surface area contributed by atoms with Crippen LogP contribution >= 0.6 is 0 Å². The van der Waals surface area contributed by atoms with Crippen molar-refractivity contribution in [3.05, 3.63) is 65.2 Å². The van der Waals surface area contributed by atoms with Crippen molar-refractivity contribution in [2.24, 2.45) is 0 Å². The SMILES string of the molecule is CC[NH+](CC)CCNC(=O)/C(=C/c1ccco1)NC(=O)c1ccc(C)cc1. The molecule has 3 N–H and O–H groups in total. The molecule has 27 heavy (non-hydrogen) atoms. The molecule has 0 aliphatic carbocycles. The number of furan rings is 1. The lowest BCUT2D eigenvalue weighted by molar-refractivity contribution is -0.895. The summed E-state index contributed by atoms with van der Waals surface area (Å²) in [5, 5.41) is 5.58. The van der Waals surface area contributed by atoms with E-state index >= 15 is 0 Å². The van der Waals surface area contributed by atoms with Crippen LogP contribution < -0.4 is 15.5 Å². The second kappa shape index (κ2) is 10.3. The van der Waals surface area contributed by atoms with Gasteiger partial charge in [0.2, 0.25) is 0 Å². The number of carbonyl (C=O) groups excluding carboxylic acids is 2. The van der Waals surface area contributed by atoms with Crippen LogP contribution in [0.2, 0.25) is 0 Å². The monoisotopic (exact) mass is 370 g/mol. The molecule has 1 aromatic carbocycles. The van der Waals surface area contributed by atoms with Crippen molar-refractivity contribution < 1.29 is 18.9 Å². The first-order valence-corrected chi connectivity index (χ1v) is 9.28. The van der Waals surface area contributed by atoms with E-state index in [0.29, 0.717) is 17.9 Å². The molecule has 0 spiro atoms. The van der Waals surface area contributed by atoms with E-state index in [1.807, 2.05) is 19.1 Å².